The Hall–Kier alpha value is -1.33. The van der Waals surface area contributed by atoms with Crippen LogP contribution in [0, 0.1) is 0 Å². The molecule has 1 aliphatic carbocycles. The van der Waals surface area contributed by atoms with Gasteiger partial charge < -0.3 is 15.8 Å². The lowest BCUT2D eigenvalue weighted by molar-refractivity contribution is -0.0202. The van der Waals surface area contributed by atoms with E-state index in [0.29, 0.717) is 12.4 Å². The molecule has 0 bridgehead atoms. The zero-order valence-electron chi connectivity index (χ0n) is 8.53. The molecule has 1 saturated carbocycles. The van der Waals surface area contributed by atoms with Crippen LogP contribution in [-0.2, 0) is 0 Å². The van der Waals surface area contributed by atoms with E-state index in [4.69, 9.17) is 5.84 Å². The van der Waals surface area contributed by atoms with Crippen LogP contribution in [0.5, 0.6) is 0 Å². The van der Waals surface area contributed by atoms with Crippen LogP contribution in [0.1, 0.15) is 19.3 Å². The lowest BCUT2D eigenvalue weighted by atomic mass is 9.80. The van der Waals surface area contributed by atoms with Crippen molar-refractivity contribution in [2.45, 2.75) is 24.9 Å². The molecule has 0 unspecified atom stereocenters. The van der Waals surface area contributed by atoms with Gasteiger partial charge in [0.2, 0.25) is 0 Å². The van der Waals surface area contributed by atoms with Crippen LogP contribution in [0.2, 0.25) is 0 Å². The number of rotatable bonds is 4. The van der Waals surface area contributed by atoms with Crippen LogP contribution in [0.25, 0.3) is 0 Å². The number of hydrogen-bond donors (Lipinski definition) is 4. The Morgan fingerprint density at radius 1 is 1.40 bits per heavy atom. The highest BCUT2D eigenvalue weighted by atomic mass is 16.3. The Kier molecular flexibility index (Phi) is 2.75. The van der Waals surface area contributed by atoms with Gasteiger partial charge in [0.1, 0.15) is 11.6 Å². The number of aliphatic hydroxyl groups is 1. The van der Waals surface area contributed by atoms with Gasteiger partial charge in [-0.15, -0.1) is 0 Å². The number of anilines is 2. The van der Waals surface area contributed by atoms with Crippen LogP contribution in [0.4, 0.5) is 11.6 Å². The number of nitrogen functional groups attached to an aromatic ring is 1. The molecule has 1 heterocycles. The maximum Gasteiger partial charge on any atom is 0.142 e. The van der Waals surface area contributed by atoms with Crippen molar-refractivity contribution in [1.82, 2.24) is 4.98 Å². The van der Waals surface area contributed by atoms with Crippen molar-refractivity contribution in [3.05, 3.63) is 18.2 Å². The normalized spacial score (nSPS) is 18.0. The van der Waals surface area contributed by atoms with Gasteiger partial charge in [0.05, 0.1) is 5.60 Å². The molecule has 0 aliphatic heterocycles. The molecule has 0 atom stereocenters. The number of hydrogen-bond acceptors (Lipinski definition) is 5. The fourth-order valence-corrected chi connectivity index (χ4v) is 1.63. The largest absolute Gasteiger partial charge is 0.388 e. The van der Waals surface area contributed by atoms with Crippen LogP contribution >= 0.6 is 0 Å². The van der Waals surface area contributed by atoms with Crippen LogP contribution in [0.3, 0.4) is 0 Å². The van der Waals surface area contributed by atoms with Gasteiger partial charge in [-0.05, 0) is 31.4 Å². The van der Waals surface area contributed by atoms with Crippen LogP contribution in [0.15, 0.2) is 18.2 Å². The van der Waals surface area contributed by atoms with Gasteiger partial charge in [-0.2, -0.15) is 0 Å². The summed E-state index contributed by atoms with van der Waals surface area (Å²) in [4.78, 5) is 4.19. The minimum Gasteiger partial charge on any atom is -0.388 e. The SMILES string of the molecule is NNc1cccc(NCC2(O)CCC2)n1. The summed E-state index contributed by atoms with van der Waals surface area (Å²) in [7, 11) is 0. The number of hydrazine groups is 1. The molecule has 5 nitrogen and oxygen atoms in total. The number of nitrogens with two attached hydrogens (primary N) is 1. The van der Waals surface area contributed by atoms with E-state index in [1.165, 1.54) is 0 Å². The zero-order chi connectivity index (χ0) is 10.7. The summed E-state index contributed by atoms with van der Waals surface area (Å²) in [6.45, 7) is 0.550. The van der Waals surface area contributed by atoms with Gasteiger partial charge >= 0.3 is 0 Å². The fraction of sp³-hybridized carbons (Fsp3) is 0.500. The van der Waals surface area contributed by atoms with E-state index in [1.807, 2.05) is 12.1 Å². The van der Waals surface area contributed by atoms with E-state index >= 15 is 0 Å². The predicted octanol–water partition coefficient (Wildman–Crippen LogP) is 0.694. The van der Waals surface area contributed by atoms with Crippen molar-refractivity contribution >= 4 is 11.6 Å². The average molecular weight is 208 g/mol. The molecule has 82 valence electrons. The first-order valence-corrected chi connectivity index (χ1v) is 5.12. The van der Waals surface area contributed by atoms with E-state index < -0.39 is 5.60 Å². The minimum absolute atomic E-state index is 0.534. The van der Waals surface area contributed by atoms with Gasteiger partial charge in [-0.25, -0.2) is 10.8 Å². The molecule has 1 fully saturated rings. The van der Waals surface area contributed by atoms with Crippen molar-refractivity contribution in [2.24, 2.45) is 5.84 Å². The van der Waals surface area contributed by atoms with Crippen LogP contribution in [-0.4, -0.2) is 22.2 Å². The molecule has 0 spiro atoms. The van der Waals surface area contributed by atoms with Crippen molar-refractivity contribution in [3.63, 3.8) is 0 Å². The molecule has 0 amide bonds. The Bertz CT molecular complexity index is 338. The zero-order valence-corrected chi connectivity index (χ0v) is 8.53. The van der Waals surface area contributed by atoms with Gasteiger partial charge in [0.25, 0.3) is 0 Å². The monoisotopic (exact) mass is 208 g/mol. The van der Waals surface area contributed by atoms with E-state index in [-0.39, 0.29) is 0 Å². The summed E-state index contributed by atoms with van der Waals surface area (Å²) in [6.07, 6.45) is 2.85. The maximum atomic E-state index is 9.87. The molecule has 2 rings (SSSR count). The van der Waals surface area contributed by atoms with E-state index in [0.717, 1.165) is 25.1 Å². The first-order chi connectivity index (χ1) is 7.22. The molecule has 5 N–H and O–H groups in total. The van der Waals surface area contributed by atoms with Crippen molar-refractivity contribution in [3.8, 4) is 0 Å². The third-order valence-electron chi connectivity index (χ3n) is 2.78. The second kappa shape index (κ2) is 4.04. The summed E-state index contributed by atoms with van der Waals surface area (Å²) in [5, 5.41) is 13.0. The maximum absolute atomic E-state index is 9.87. The summed E-state index contributed by atoms with van der Waals surface area (Å²) in [6, 6.07) is 5.49. The second-order valence-corrected chi connectivity index (χ2v) is 3.98. The summed E-state index contributed by atoms with van der Waals surface area (Å²) in [5.74, 6) is 6.59. The second-order valence-electron chi connectivity index (χ2n) is 3.98. The molecule has 1 aliphatic rings. The van der Waals surface area contributed by atoms with Gasteiger partial charge in [0.15, 0.2) is 0 Å². The van der Waals surface area contributed by atoms with Crippen molar-refractivity contribution in [2.75, 3.05) is 17.3 Å². The number of pyridine rings is 1. The molecule has 15 heavy (non-hydrogen) atoms. The lowest BCUT2D eigenvalue weighted by Gasteiger charge is -2.36. The van der Waals surface area contributed by atoms with E-state index in [2.05, 4.69) is 15.7 Å². The molecule has 1 aromatic rings. The molecular formula is C10H16N4O. The first kappa shape index (κ1) is 10.2. The summed E-state index contributed by atoms with van der Waals surface area (Å²) in [5.41, 5.74) is 1.94. The standard InChI is InChI=1S/C10H16N4O/c11-14-9-4-1-3-8(13-9)12-7-10(15)5-2-6-10/h1,3-4,15H,2,5-7,11H2,(H2,12,13,14). The highest BCUT2D eigenvalue weighted by Gasteiger charge is 2.33. The molecule has 5 heteroatoms. The number of aromatic nitrogens is 1. The molecule has 1 aromatic heterocycles. The first-order valence-electron chi connectivity index (χ1n) is 5.12. The van der Waals surface area contributed by atoms with E-state index in [9.17, 15) is 5.11 Å². The number of nitrogens with one attached hydrogen (secondary N) is 2. The predicted molar refractivity (Wildman–Crippen MR) is 59.3 cm³/mol. The Morgan fingerprint density at radius 2 is 2.13 bits per heavy atom. The highest BCUT2D eigenvalue weighted by Crippen LogP contribution is 2.31. The summed E-state index contributed by atoms with van der Waals surface area (Å²) < 4.78 is 0. The van der Waals surface area contributed by atoms with Gasteiger partial charge in [0, 0.05) is 6.54 Å². The Morgan fingerprint density at radius 3 is 2.73 bits per heavy atom. The van der Waals surface area contributed by atoms with Crippen molar-refractivity contribution in [1.29, 1.82) is 0 Å². The molecular weight excluding hydrogens is 192 g/mol. The topological polar surface area (TPSA) is 83.2 Å². The smallest absolute Gasteiger partial charge is 0.142 e. The quantitative estimate of drug-likeness (QED) is 0.432. The van der Waals surface area contributed by atoms with Crippen molar-refractivity contribution < 1.29 is 5.11 Å². The minimum atomic E-state index is -0.534. The summed E-state index contributed by atoms with van der Waals surface area (Å²) >= 11 is 0. The third kappa shape index (κ3) is 2.37. The average Bonchev–Trinajstić information content (AvgIpc) is 2.24. The lowest BCUT2D eigenvalue weighted by Crippen LogP contribution is -2.43. The van der Waals surface area contributed by atoms with Gasteiger partial charge in [-0.1, -0.05) is 6.07 Å². The third-order valence-corrected chi connectivity index (χ3v) is 2.78. The number of nitrogens with zero attached hydrogens (tertiary/aromatic N) is 1. The van der Waals surface area contributed by atoms with E-state index in [1.54, 1.807) is 6.07 Å². The Balaban J connectivity index is 1.92. The van der Waals surface area contributed by atoms with Gasteiger partial charge in [-0.3, -0.25) is 0 Å². The molecule has 0 radical (unpaired) electrons. The fourth-order valence-electron chi connectivity index (χ4n) is 1.63. The highest BCUT2D eigenvalue weighted by molar-refractivity contribution is 5.44. The Labute approximate surface area is 88.7 Å². The molecule has 0 aromatic carbocycles. The van der Waals surface area contributed by atoms with Crippen LogP contribution < -0.4 is 16.6 Å². The molecule has 0 saturated heterocycles.